The molecule has 0 spiro atoms. The van der Waals surface area contributed by atoms with Gasteiger partial charge in [-0.3, -0.25) is 9.59 Å². The third-order valence-electron chi connectivity index (χ3n) is 3.34. The third-order valence-corrected chi connectivity index (χ3v) is 3.34. The standard InChI is InChI=1S/C17H15F3N2O2/c1-2-10-3-5-11(6-4-10)17(24)21-9-14(23)22-13-8-7-12(18)15(19)16(13)20/h3-8H,2,9H2,1H3,(H,21,24)(H,22,23). The van der Waals surface area contributed by atoms with Gasteiger partial charge >= 0.3 is 0 Å². The highest BCUT2D eigenvalue weighted by atomic mass is 19.2. The molecule has 0 saturated heterocycles. The van der Waals surface area contributed by atoms with E-state index in [4.69, 9.17) is 0 Å². The summed E-state index contributed by atoms with van der Waals surface area (Å²) in [6, 6.07) is 8.44. The van der Waals surface area contributed by atoms with Crippen molar-refractivity contribution in [1.29, 1.82) is 0 Å². The molecule has 0 unspecified atom stereocenters. The minimum atomic E-state index is -1.67. The average Bonchev–Trinajstić information content (AvgIpc) is 2.60. The Morgan fingerprint density at radius 3 is 2.25 bits per heavy atom. The normalized spacial score (nSPS) is 10.3. The Morgan fingerprint density at radius 2 is 1.62 bits per heavy atom. The van der Waals surface area contributed by atoms with Crippen LogP contribution in [0.25, 0.3) is 0 Å². The molecule has 24 heavy (non-hydrogen) atoms. The Balaban J connectivity index is 1.93. The van der Waals surface area contributed by atoms with Crippen molar-refractivity contribution in [3.63, 3.8) is 0 Å². The van der Waals surface area contributed by atoms with E-state index in [9.17, 15) is 22.8 Å². The SMILES string of the molecule is CCc1ccc(C(=O)NCC(=O)Nc2ccc(F)c(F)c2F)cc1. The molecule has 0 fully saturated rings. The first-order valence-corrected chi connectivity index (χ1v) is 7.23. The van der Waals surface area contributed by atoms with Gasteiger partial charge in [-0.05, 0) is 36.2 Å². The fourth-order valence-electron chi connectivity index (χ4n) is 1.97. The van der Waals surface area contributed by atoms with Crippen LogP contribution in [-0.2, 0) is 11.2 Å². The Bertz CT molecular complexity index is 761. The molecule has 0 bridgehead atoms. The van der Waals surface area contributed by atoms with Crippen LogP contribution in [0.5, 0.6) is 0 Å². The minimum absolute atomic E-state index is 0.374. The van der Waals surface area contributed by atoms with Gasteiger partial charge in [-0.25, -0.2) is 13.2 Å². The molecule has 126 valence electrons. The maximum Gasteiger partial charge on any atom is 0.251 e. The molecule has 4 nitrogen and oxygen atoms in total. The van der Waals surface area contributed by atoms with Gasteiger partial charge in [0, 0.05) is 5.56 Å². The van der Waals surface area contributed by atoms with E-state index >= 15 is 0 Å². The van der Waals surface area contributed by atoms with Gasteiger partial charge in [0.2, 0.25) is 5.91 Å². The lowest BCUT2D eigenvalue weighted by Crippen LogP contribution is -2.33. The molecule has 0 aliphatic heterocycles. The van der Waals surface area contributed by atoms with E-state index in [1.54, 1.807) is 24.3 Å². The predicted octanol–water partition coefficient (Wildman–Crippen LogP) is 3.03. The summed E-state index contributed by atoms with van der Waals surface area (Å²) in [6.45, 7) is 1.55. The summed E-state index contributed by atoms with van der Waals surface area (Å²) in [5.41, 5.74) is 0.942. The lowest BCUT2D eigenvalue weighted by molar-refractivity contribution is -0.115. The fourth-order valence-corrected chi connectivity index (χ4v) is 1.97. The number of rotatable bonds is 5. The zero-order valence-electron chi connectivity index (χ0n) is 12.8. The third kappa shape index (κ3) is 4.13. The molecule has 2 amide bonds. The molecule has 0 saturated carbocycles. The number of hydrogen-bond acceptors (Lipinski definition) is 2. The van der Waals surface area contributed by atoms with Gasteiger partial charge in [0.1, 0.15) is 0 Å². The van der Waals surface area contributed by atoms with E-state index in [-0.39, 0.29) is 0 Å². The quantitative estimate of drug-likeness (QED) is 0.825. The number of carbonyl (C=O) groups excluding carboxylic acids is 2. The van der Waals surface area contributed by atoms with Crippen molar-refractivity contribution in [2.45, 2.75) is 13.3 Å². The average molecular weight is 336 g/mol. The Labute approximate surface area is 136 Å². The number of aryl methyl sites for hydroxylation is 1. The van der Waals surface area contributed by atoms with Crippen molar-refractivity contribution in [3.05, 3.63) is 65.0 Å². The number of hydrogen-bond donors (Lipinski definition) is 2. The largest absolute Gasteiger partial charge is 0.343 e. The van der Waals surface area contributed by atoms with Crippen LogP contribution in [0.4, 0.5) is 18.9 Å². The fraction of sp³-hybridized carbons (Fsp3) is 0.176. The first-order valence-electron chi connectivity index (χ1n) is 7.23. The van der Waals surface area contributed by atoms with Crippen LogP contribution in [0, 0.1) is 17.5 Å². The lowest BCUT2D eigenvalue weighted by Gasteiger charge is -2.09. The number of halogens is 3. The highest BCUT2D eigenvalue weighted by molar-refractivity contribution is 5.99. The molecule has 0 heterocycles. The number of benzene rings is 2. The maximum absolute atomic E-state index is 13.4. The molecule has 2 aromatic carbocycles. The zero-order chi connectivity index (χ0) is 17.7. The Hall–Kier alpha value is -2.83. The number of carbonyl (C=O) groups is 2. The van der Waals surface area contributed by atoms with Gasteiger partial charge < -0.3 is 10.6 Å². The van der Waals surface area contributed by atoms with E-state index in [1.165, 1.54) is 0 Å². The summed E-state index contributed by atoms with van der Waals surface area (Å²) in [6.07, 6.45) is 0.837. The molecular weight excluding hydrogens is 321 g/mol. The second-order valence-electron chi connectivity index (χ2n) is 5.00. The van der Waals surface area contributed by atoms with Crippen LogP contribution in [0.2, 0.25) is 0 Å². The van der Waals surface area contributed by atoms with Crippen molar-refractivity contribution in [3.8, 4) is 0 Å². The zero-order valence-corrected chi connectivity index (χ0v) is 12.8. The highest BCUT2D eigenvalue weighted by Gasteiger charge is 2.15. The Kier molecular flexibility index (Phi) is 5.57. The molecule has 7 heteroatoms. The topological polar surface area (TPSA) is 58.2 Å². The summed E-state index contributed by atoms with van der Waals surface area (Å²) >= 11 is 0. The number of amides is 2. The minimum Gasteiger partial charge on any atom is -0.343 e. The highest BCUT2D eigenvalue weighted by Crippen LogP contribution is 2.19. The summed E-state index contributed by atoms with van der Waals surface area (Å²) in [4.78, 5) is 23.6. The van der Waals surface area contributed by atoms with Crippen LogP contribution in [0.1, 0.15) is 22.8 Å². The molecule has 2 aromatic rings. The second kappa shape index (κ2) is 7.63. The smallest absolute Gasteiger partial charge is 0.251 e. The van der Waals surface area contributed by atoms with Crippen molar-refractivity contribution in [2.24, 2.45) is 0 Å². The molecule has 0 atom stereocenters. The van der Waals surface area contributed by atoms with Gasteiger partial charge in [-0.2, -0.15) is 0 Å². The van der Waals surface area contributed by atoms with Crippen LogP contribution in [-0.4, -0.2) is 18.4 Å². The van der Waals surface area contributed by atoms with Gasteiger partial charge in [-0.15, -0.1) is 0 Å². The van der Waals surface area contributed by atoms with Crippen LogP contribution in [0.15, 0.2) is 36.4 Å². The van der Waals surface area contributed by atoms with E-state index in [0.29, 0.717) is 11.6 Å². The van der Waals surface area contributed by atoms with Crippen LogP contribution < -0.4 is 10.6 Å². The predicted molar refractivity (Wildman–Crippen MR) is 83.1 cm³/mol. The second-order valence-corrected chi connectivity index (χ2v) is 5.00. The molecule has 0 radical (unpaired) electrons. The summed E-state index contributed by atoms with van der Waals surface area (Å²) in [7, 11) is 0. The van der Waals surface area contributed by atoms with Gasteiger partial charge in [-0.1, -0.05) is 19.1 Å². The Morgan fingerprint density at radius 1 is 0.958 bits per heavy atom. The van der Waals surface area contributed by atoms with Crippen molar-refractivity contribution < 1.29 is 22.8 Å². The first-order chi connectivity index (χ1) is 11.4. The summed E-state index contributed by atoms with van der Waals surface area (Å²) in [5.74, 6) is -5.76. The summed E-state index contributed by atoms with van der Waals surface area (Å²) < 4.78 is 39.3. The number of anilines is 1. The first kappa shape index (κ1) is 17.5. The van der Waals surface area contributed by atoms with E-state index < -0.39 is 41.5 Å². The van der Waals surface area contributed by atoms with Crippen molar-refractivity contribution in [1.82, 2.24) is 5.32 Å². The van der Waals surface area contributed by atoms with Crippen LogP contribution >= 0.6 is 0 Å². The molecule has 0 aliphatic rings. The van der Waals surface area contributed by atoms with E-state index in [2.05, 4.69) is 10.6 Å². The molecule has 2 rings (SSSR count). The number of nitrogens with one attached hydrogen (secondary N) is 2. The van der Waals surface area contributed by atoms with Crippen molar-refractivity contribution >= 4 is 17.5 Å². The summed E-state index contributed by atoms with van der Waals surface area (Å²) in [5, 5.41) is 4.43. The van der Waals surface area contributed by atoms with Gasteiger partial charge in [0.15, 0.2) is 17.5 Å². The van der Waals surface area contributed by atoms with Crippen LogP contribution in [0.3, 0.4) is 0 Å². The molecule has 0 aromatic heterocycles. The lowest BCUT2D eigenvalue weighted by atomic mass is 10.1. The van der Waals surface area contributed by atoms with E-state index in [0.717, 1.165) is 18.1 Å². The monoisotopic (exact) mass is 336 g/mol. The van der Waals surface area contributed by atoms with Crippen molar-refractivity contribution in [2.75, 3.05) is 11.9 Å². The maximum atomic E-state index is 13.4. The van der Waals surface area contributed by atoms with Gasteiger partial charge in [0.25, 0.3) is 5.91 Å². The molecule has 0 aliphatic carbocycles. The molecule has 2 N–H and O–H groups in total. The van der Waals surface area contributed by atoms with E-state index in [1.807, 2.05) is 6.92 Å². The van der Waals surface area contributed by atoms with Gasteiger partial charge in [0.05, 0.1) is 12.2 Å². The molecular formula is C17H15F3N2O2.